The van der Waals surface area contributed by atoms with Crippen LogP contribution in [0, 0.1) is 0 Å². The van der Waals surface area contributed by atoms with Gasteiger partial charge in [0.15, 0.2) is 0 Å². The molecule has 0 aromatic heterocycles. The van der Waals surface area contributed by atoms with E-state index in [4.69, 9.17) is 11.5 Å². The predicted octanol–water partition coefficient (Wildman–Crippen LogP) is 1.10. The molecule has 0 rings (SSSR count). The number of hydrogen-bond acceptors (Lipinski definition) is 4. The van der Waals surface area contributed by atoms with Gasteiger partial charge in [-0.3, -0.25) is 4.90 Å². The number of nitrogens with zero attached hydrogens (tertiary/aromatic N) is 2. The Morgan fingerprint density at radius 3 is 1.61 bits per heavy atom. The van der Waals surface area contributed by atoms with E-state index >= 15 is 0 Å². The molecule has 0 aliphatic rings. The molecule has 18 heavy (non-hydrogen) atoms. The SMILES string of the molecule is CCCC(N)CN(CCN(C)C)CC(N)CCC. The van der Waals surface area contributed by atoms with Crippen LogP contribution in [0.5, 0.6) is 0 Å². The summed E-state index contributed by atoms with van der Waals surface area (Å²) in [4.78, 5) is 4.64. The second-order valence-corrected chi connectivity index (χ2v) is 5.66. The maximum Gasteiger partial charge on any atom is 0.0167 e. The highest BCUT2D eigenvalue weighted by Gasteiger charge is 2.13. The highest BCUT2D eigenvalue weighted by atomic mass is 15.2. The Hall–Kier alpha value is -0.160. The maximum atomic E-state index is 6.15. The molecule has 0 saturated heterocycles. The minimum absolute atomic E-state index is 0.283. The van der Waals surface area contributed by atoms with E-state index in [1.54, 1.807) is 0 Å². The van der Waals surface area contributed by atoms with Crippen molar-refractivity contribution in [3.05, 3.63) is 0 Å². The topological polar surface area (TPSA) is 58.5 Å². The van der Waals surface area contributed by atoms with Crippen LogP contribution < -0.4 is 11.5 Å². The highest BCUT2D eigenvalue weighted by molar-refractivity contribution is 4.73. The summed E-state index contributed by atoms with van der Waals surface area (Å²) >= 11 is 0. The first-order chi connectivity index (χ1) is 8.49. The quantitative estimate of drug-likeness (QED) is 0.583. The van der Waals surface area contributed by atoms with Crippen molar-refractivity contribution in [3.63, 3.8) is 0 Å². The summed E-state index contributed by atoms with van der Waals surface area (Å²) in [5, 5.41) is 0. The van der Waals surface area contributed by atoms with Gasteiger partial charge in [-0.25, -0.2) is 0 Å². The molecule has 0 spiro atoms. The second kappa shape index (κ2) is 10.7. The first kappa shape index (κ1) is 17.8. The molecule has 4 heteroatoms. The molecule has 0 amide bonds. The van der Waals surface area contributed by atoms with Gasteiger partial charge in [-0.1, -0.05) is 26.7 Å². The molecule has 4 nitrogen and oxygen atoms in total. The zero-order chi connectivity index (χ0) is 14.0. The molecular weight excluding hydrogens is 224 g/mol. The molecule has 0 bridgehead atoms. The van der Waals surface area contributed by atoms with Crippen molar-refractivity contribution in [2.24, 2.45) is 11.5 Å². The first-order valence-electron chi connectivity index (χ1n) is 7.37. The van der Waals surface area contributed by atoms with Gasteiger partial charge in [0.2, 0.25) is 0 Å². The van der Waals surface area contributed by atoms with E-state index in [-0.39, 0.29) is 12.1 Å². The Kier molecular flexibility index (Phi) is 10.6. The molecule has 2 atom stereocenters. The van der Waals surface area contributed by atoms with Gasteiger partial charge < -0.3 is 16.4 Å². The lowest BCUT2D eigenvalue weighted by Gasteiger charge is -2.29. The molecule has 0 aromatic rings. The maximum absolute atomic E-state index is 6.15. The number of rotatable bonds is 11. The zero-order valence-electron chi connectivity index (χ0n) is 12.9. The predicted molar refractivity (Wildman–Crippen MR) is 80.8 cm³/mol. The van der Waals surface area contributed by atoms with Gasteiger partial charge in [-0.15, -0.1) is 0 Å². The van der Waals surface area contributed by atoms with Gasteiger partial charge in [0.1, 0.15) is 0 Å². The first-order valence-corrected chi connectivity index (χ1v) is 7.37. The summed E-state index contributed by atoms with van der Waals surface area (Å²) in [6.07, 6.45) is 4.51. The van der Waals surface area contributed by atoms with Crippen molar-refractivity contribution >= 4 is 0 Å². The van der Waals surface area contributed by atoms with Crippen LogP contribution >= 0.6 is 0 Å². The third-order valence-corrected chi connectivity index (χ3v) is 3.17. The van der Waals surface area contributed by atoms with Gasteiger partial charge >= 0.3 is 0 Å². The minimum Gasteiger partial charge on any atom is -0.327 e. The average molecular weight is 258 g/mol. The number of likely N-dealkylation sites (N-methyl/N-ethyl adjacent to an activating group) is 1. The summed E-state index contributed by atoms with van der Waals surface area (Å²) < 4.78 is 0. The van der Waals surface area contributed by atoms with Crippen LogP contribution in [0.3, 0.4) is 0 Å². The fourth-order valence-electron chi connectivity index (χ4n) is 2.19. The largest absolute Gasteiger partial charge is 0.327 e. The van der Waals surface area contributed by atoms with E-state index in [9.17, 15) is 0 Å². The molecule has 0 aliphatic carbocycles. The van der Waals surface area contributed by atoms with Crippen molar-refractivity contribution in [2.45, 2.75) is 51.6 Å². The van der Waals surface area contributed by atoms with Crippen LogP contribution in [0.2, 0.25) is 0 Å². The van der Waals surface area contributed by atoms with Crippen LogP contribution in [0.25, 0.3) is 0 Å². The van der Waals surface area contributed by atoms with Crippen LogP contribution in [-0.4, -0.2) is 62.2 Å². The summed E-state index contributed by atoms with van der Waals surface area (Å²) in [5.74, 6) is 0. The minimum atomic E-state index is 0.283. The smallest absolute Gasteiger partial charge is 0.0167 e. The van der Waals surface area contributed by atoms with Crippen molar-refractivity contribution in [1.29, 1.82) is 0 Å². The Balaban J connectivity index is 4.14. The van der Waals surface area contributed by atoms with Crippen LogP contribution in [0.1, 0.15) is 39.5 Å². The highest BCUT2D eigenvalue weighted by Crippen LogP contribution is 2.02. The Labute approximate surface area is 114 Å². The fraction of sp³-hybridized carbons (Fsp3) is 1.00. The standard InChI is InChI=1S/C14H34N4/c1-5-7-13(15)11-18(10-9-17(3)4)12-14(16)8-6-2/h13-14H,5-12,15-16H2,1-4H3. The normalized spacial score (nSPS) is 15.3. The molecule has 110 valence electrons. The van der Waals surface area contributed by atoms with Crippen molar-refractivity contribution in [1.82, 2.24) is 9.80 Å². The van der Waals surface area contributed by atoms with Crippen LogP contribution in [0.15, 0.2) is 0 Å². The van der Waals surface area contributed by atoms with Gasteiger partial charge in [0.25, 0.3) is 0 Å². The fourth-order valence-corrected chi connectivity index (χ4v) is 2.19. The lowest BCUT2D eigenvalue weighted by molar-refractivity contribution is 0.211. The molecule has 4 N–H and O–H groups in total. The summed E-state index contributed by atoms with van der Waals surface area (Å²) in [6, 6.07) is 0.567. The van der Waals surface area contributed by atoms with E-state index in [1.165, 1.54) is 0 Å². The molecule has 0 aliphatic heterocycles. The van der Waals surface area contributed by atoms with E-state index in [0.717, 1.165) is 51.9 Å². The Morgan fingerprint density at radius 2 is 1.28 bits per heavy atom. The van der Waals surface area contributed by atoms with Gasteiger partial charge in [0.05, 0.1) is 0 Å². The average Bonchev–Trinajstić information content (AvgIpc) is 2.26. The van der Waals surface area contributed by atoms with E-state index in [1.807, 2.05) is 0 Å². The van der Waals surface area contributed by atoms with Crippen molar-refractivity contribution in [3.8, 4) is 0 Å². The summed E-state index contributed by atoms with van der Waals surface area (Å²) in [5.41, 5.74) is 12.3. The van der Waals surface area contributed by atoms with Gasteiger partial charge in [0, 0.05) is 38.3 Å². The van der Waals surface area contributed by atoms with E-state index in [2.05, 4.69) is 37.7 Å². The molecule has 2 unspecified atom stereocenters. The molecular formula is C14H34N4. The summed E-state index contributed by atoms with van der Waals surface area (Å²) in [6.45, 7) is 8.44. The lowest BCUT2D eigenvalue weighted by Crippen LogP contribution is -2.45. The molecule has 0 aromatic carbocycles. The summed E-state index contributed by atoms with van der Waals surface area (Å²) in [7, 11) is 4.21. The van der Waals surface area contributed by atoms with E-state index in [0.29, 0.717) is 0 Å². The van der Waals surface area contributed by atoms with Gasteiger partial charge in [-0.2, -0.15) is 0 Å². The van der Waals surface area contributed by atoms with E-state index < -0.39 is 0 Å². The van der Waals surface area contributed by atoms with Crippen LogP contribution in [-0.2, 0) is 0 Å². The lowest BCUT2D eigenvalue weighted by atomic mass is 10.1. The molecule has 0 radical (unpaired) electrons. The Bertz CT molecular complexity index is 171. The third kappa shape index (κ3) is 9.83. The monoisotopic (exact) mass is 258 g/mol. The van der Waals surface area contributed by atoms with Crippen molar-refractivity contribution in [2.75, 3.05) is 40.3 Å². The second-order valence-electron chi connectivity index (χ2n) is 5.66. The molecule has 0 heterocycles. The van der Waals surface area contributed by atoms with Crippen LogP contribution in [0.4, 0.5) is 0 Å². The Morgan fingerprint density at radius 1 is 0.833 bits per heavy atom. The molecule has 0 fully saturated rings. The number of nitrogens with two attached hydrogens (primary N) is 2. The third-order valence-electron chi connectivity index (χ3n) is 3.17. The zero-order valence-corrected chi connectivity index (χ0v) is 12.9. The number of hydrogen-bond donors (Lipinski definition) is 2. The molecule has 0 saturated carbocycles. The van der Waals surface area contributed by atoms with Crippen molar-refractivity contribution < 1.29 is 0 Å². The van der Waals surface area contributed by atoms with Gasteiger partial charge in [-0.05, 0) is 26.9 Å².